The molecule has 1 amide bonds. The summed E-state index contributed by atoms with van der Waals surface area (Å²) in [5.74, 6) is 0.0652. The first-order chi connectivity index (χ1) is 12.0. The largest absolute Gasteiger partial charge is 0.467 e. The third-order valence-electron chi connectivity index (χ3n) is 2.92. The van der Waals surface area contributed by atoms with Gasteiger partial charge < -0.3 is 13.9 Å². The molecule has 1 N–H and O–H groups in total. The van der Waals surface area contributed by atoms with E-state index in [0.717, 1.165) is 0 Å². The summed E-state index contributed by atoms with van der Waals surface area (Å²) < 4.78 is 16.2. The number of halogens is 1. The van der Waals surface area contributed by atoms with E-state index in [1.807, 2.05) is 6.07 Å². The molecule has 8 nitrogen and oxygen atoms in total. The second-order valence-corrected chi connectivity index (χ2v) is 5.65. The van der Waals surface area contributed by atoms with Crippen molar-refractivity contribution in [2.24, 2.45) is 5.10 Å². The van der Waals surface area contributed by atoms with Gasteiger partial charge in [0.05, 0.1) is 12.8 Å². The molecular formula is C16H15BrN4O4. The van der Waals surface area contributed by atoms with Crippen molar-refractivity contribution in [2.45, 2.75) is 13.5 Å². The Morgan fingerprint density at radius 1 is 1.56 bits per heavy atom. The van der Waals surface area contributed by atoms with Crippen molar-refractivity contribution < 1.29 is 18.7 Å². The second kappa shape index (κ2) is 8.96. The van der Waals surface area contributed by atoms with Crippen LogP contribution < -0.4 is 10.2 Å². The fraction of sp³-hybridized carbons (Fsp3) is 0.250. The highest BCUT2D eigenvalue weighted by molar-refractivity contribution is 9.10. The predicted molar refractivity (Wildman–Crippen MR) is 92.0 cm³/mol. The number of aryl methyl sites for hydroxylation is 1. The molecule has 2 aromatic heterocycles. The summed E-state index contributed by atoms with van der Waals surface area (Å²) in [6, 6.07) is 7.15. The number of rotatable bonds is 7. The van der Waals surface area contributed by atoms with Gasteiger partial charge in [0, 0.05) is 18.4 Å². The number of ether oxygens (including phenoxy) is 2. The number of furan rings is 1. The average Bonchev–Trinajstić information content (AvgIpc) is 2.98. The number of hydrazone groups is 1. The van der Waals surface area contributed by atoms with Gasteiger partial charge in [-0.15, -0.1) is 0 Å². The number of carbonyl (C=O) groups excluding carboxylic acids is 1. The molecule has 0 unspecified atom stereocenters. The van der Waals surface area contributed by atoms with Gasteiger partial charge in [0.1, 0.15) is 17.4 Å². The Bertz CT molecular complexity index is 826. The number of pyridine rings is 1. The highest BCUT2D eigenvalue weighted by atomic mass is 79.9. The Morgan fingerprint density at radius 2 is 2.36 bits per heavy atom. The molecule has 0 aromatic carbocycles. The summed E-state index contributed by atoms with van der Waals surface area (Å²) in [4.78, 5) is 15.9. The van der Waals surface area contributed by atoms with Crippen LogP contribution >= 0.6 is 15.9 Å². The summed E-state index contributed by atoms with van der Waals surface area (Å²) in [6.45, 7) is 1.67. The van der Waals surface area contributed by atoms with E-state index in [1.54, 1.807) is 25.1 Å². The Morgan fingerprint density at radius 3 is 3.00 bits per heavy atom. The fourth-order valence-electron chi connectivity index (χ4n) is 1.94. The molecule has 130 valence electrons. The van der Waals surface area contributed by atoms with Crippen molar-refractivity contribution in [3.8, 4) is 11.9 Å². The van der Waals surface area contributed by atoms with Crippen molar-refractivity contribution in [2.75, 3.05) is 13.7 Å². The number of nitrogens with zero attached hydrogens (tertiary/aromatic N) is 3. The van der Waals surface area contributed by atoms with E-state index in [1.165, 1.54) is 13.3 Å². The molecule has 0 radical (unpaired) electrons. The van der Waals surface area contributed by atoms with Crippen LogP contribution in [0.2, 0.25) is 0 Å². The summed E-state index contributed by atoms with van der Waals surface area (Å²) in [5.41, 5.74) is 3.84. The highest BCUT2D eigenvalue weighted by Crippen LogP contribution is 2.21. The molecule has 0 aliphatic rings. The van der Waals surface area contributed by atoms with Crippen molar-refractivity contribution in [3.63, 3.8) is 0 Å². The third-order valence-corrected chi connectivity index (χ3v) is 3.35. The van der Waals surface area contributed by atoms with E-state index in [9.17, 15) is 10.1 Å². The van der Waals surface area contributed by atoms with Crippen LogP contribution in [-0.4, -0.2) is 30.8 Å². The van der Waals surface area contributed by atoms with Gasteiger partial charge in [-0.25, -0.2) is 10.4 Å². The number of amides is 1. The van der Waals surface area contributed by atoms with E-state index in [2.05, 4.69) is 31.4 Å². The standard InChI is InChI=1S/C16H15BrN4O4/c1-10-5-11(8-23-2)13(6-18)16(20-10)24-9-15(22)21-19-7-12-3-4-14(17)25-12/h3-5,7H,8-9H2,1-2H3,(H,21,22)/b19-7-. The van der Waals surface area contributed by atoms with Gasteiger partial charge in [-0.05, 0) is 41.1 Å². The minimum Gasteiger partial charge on any atom is -0.467 e. The smallest absolute Gasteiger partial charge is 0.278 e. The molecule has 0 aliphatic heterocycles. The Balaban J connectivity index is 1.97. The molecule has 0 saturated carbocycles. The lowest BCUT2D eigenvalue weighted by Crippen LogP contribution is -2.25. The number of aromatic nitrogens is 1. The molecular weight excluding hydrogens is 392 g/mol. The van der Waals surface area contributed by atoms with Crippen LogP contribution in [0.1, 0.15) is 22.6 Å². The molecule has 0 bridgehead atoms. The van der Waals surface area contributed by atoms with Crippen LogP contribution in [0.15, 0.2) is 32.4 Å². The lowest BCUT2D eigenvalue weighted by Gasteiger charge is -2.10. The number of hydrogen-bond donors (Lipinski definition) is 1. The van der Waals surface area contributed by atoms with E-state index in [-0.39, 0.29) is 24.7 Å². The number of nitriles is 1. The Labute approximate surface area is 152 Å². The van der Waals surface area contributed by atoms with Gasteiger partial charge in [0.15, 0.2) is 11.3 Å². The third kappa shape index (κ3) is 5.41. The van der Waals surface area contributed by atoms with Gasteiger partial charge >= 0.3 is 0 Å². The predicted octanol–water partition coefficient (Wildman–Crippen LogP) is 2.29. The first kappa shape index (κ1) is 18.6. The number of carbonyl (C=O) groups is 1. The zero-order valence-electron chi connectivity index (χ0n) is 13.6. The molecule has 2 aromatic rings. The lowest BCUT2D eigenvalue weighted by atomic mass is 10.1. The van der Waals surface area contributed by atoms with Gasteiger partial charge in [-0.1, -0.05) is 0 Å². The van der Waals surface area contributed by atoms with Crippen molar-refractivity contribution in [1.29, 1.82) is 5.26 Å². The van der Waals surface area contributed by atoms with E-state index >= 15 is 0 Å². The zero-order chi connectivity index (χ0) is 18.2. The van der Waals surface area contributed by atoms with Crippen molar-refractivity contribution in [3.05, 3.63) is 45.4 Å². The second-order valence-electron chi connectivity index (χ2n) is 4.87. The highest BCUT2D eigenvalue weighted by Gasteiger charge is 2.14. The van der Waals surface area contributed by atoms with E-state index < -0.39 is 5.91 Å². The topological polar surface area (TPSA) is 110 Å². The SMILES string of the molecule is COCc1cc(C)nc(OCC(=O)N/N=C\c2ccc(Br)o2)c1C#N. The summed E-state index contributed by atoms with van der Waals surface area (Å²) in [7, 11) is 1.53. The number of nitrogens with one attached hydrogen (secondary N) is 1. The first-order valence-corrected chi connectivity index (χ1v) is 7.92. The van der Waals surface area contributed by atoms with Crippen LogP contribution in [0.25, 0.3) is 0 Å². The zero-order valence-corrected chi connectivity index (χ0v) is 15.2. The quantitative estimate of drug-likeness (QED) is 0.557. The van der Waals surface area contributed by atoms with Gasteiger partial charge in [-0.3, -0.25) is 4.79 Å². The van der Waals surface area contributed by atoms with Gasteiger partial charge in [0.2, 0.25) is 5.88 Å². The molecule has 9 heteroatoms. The van der Waals surface area contributed by atoms with Crippen LogP contribution in [0.5, 0.6) is 5.88 Å². The average molecular weight is 407 g/mol. The van der Waals surface area contributed by atoms with Gasteiger partial charge in [0.25, 0.3) is 5.91 Å². The number of hydrogen-bond acceptors (Lipinski definition) is 7. The van der Waals surface area contributed by atoms with Crippen molar-refractivity contribution in [1.82, 2.24) is 10.4 Å². The lowest BCUT2D eigenvalue weighted by molar-refractivity contribution is -0.123. The molecule has 0 fully saturated rings. The minimum atomic E-state index is -0.498. The molecule has 2 heterocycles. The molecule has 0 atom stereocenters. The Hall–Kier alpha value is -2.70. The first-order valence-electron chi connectivity index (χ1n) is 7.13. The summed E-state index contributed by atoms with van der Waals surface area (Å²) in [6.07, 6.45) is 1.35. The molecule has 0 aliphatic carbocycles. The van der Waals surface area contributed by atoms with Gasteiger partial charge in [-0.2, -0.15) is 10.4 Å². The summed E-state index contributed by atoms with van der Waals surface area (Å²) >= 11 is 3.16. The summed E-state index contributed by atoms with van der Waals surface area (Å²) in [5, 5.41) is 13.0. The molecule has 2 rings (SSSR count). The van der Waals surface area contributed by atoms with Crippen LogP contribution in [0, 0.1) is 18.3 Å². The monoisotopic (exact) mass is 406 g/mol. The van der Waals surface area contributed by atoms with E-state index in [4.69, 9.17) is 13.9 Å². The Kier molecular flexibility index (Phi) is 6.68. The molecule has 25 heavy (non-hydrogen) atoms. The minimum absolute atomic E-state index is 0.0867. The molecule has 0 spiro atoms. The number of methoxy groups -OCH3 is 1. The maximum Gasteiger partial charge on any atom is 0.278 e. The van der Waals surface area contributed by atoms with E-state index in [0.29, 0.717) is 21.7 Å². The normalized spacial score (nSPS) is 10.6. The maximum atomic E-state index is 11.8. The molecule has 0 saturated heterocycles. The maximum absolute atomic E-state index is 11.8. The fourth-order valence-corrected chi connectivity index (χ4v) is 2.25. The van der Waals surface area contributed by atoms with Crippen LogP contribution in [-0.2, 0) is 16.1 Å². The van der Waals surface area contributed by atoms with Crippen molar-refractivity contribution >= 4 is 28.1 Å². The van der Waals surface area contributed by atoms with Crippen LogP contribution in [0.3, 0.4) is 0 Å². The van der Waals surface area contributed by atoms with Crippen LogP contribution in [0.4, 0.5) is 0 Å².